The number of nitrogens with one attached hydrogen (secondary N) is 1. The Bertz CT molecular complexity index is 1570. The van der Waals surface area contributed by atoms with Crippen molar-refractivity contribution in [3.8, 4) is 0 Å². The molecule has 1 N–H and O–H groups in total. The number of pyridine rings is 1. The zero-order valence-corrected chi connectivity index (χ0v) is 21.7. The third-order valence-electron chi connectivity index (χ3n) is 6.89. The van der Waals surface area contributed by atoms with Crippen LogP contribution in [-0.4, -0.2) is 43.1 Å². The van der Waals surface area contributed by atoms with Crippen LogP contribution in [0.25, 0.3) is 16.4 Å². The number of benzene rings is 2. The van der Waals surface area contributed by atoms with Crippen LogP contribution in [-0.2, 0) is 9.84 Å². The Labute approximate surface area is 209 Å². The zero-order valence-electron chi connectivity index (χ0n) is 20.8. The molecule has 0 amide bonds. The van der Waals surface area contributed by atoms with E-state index in [1.807, 2.05) is 36.3 Å². The molecule has 4 aromatic rings. The lowest BCUT2D eigenvalue weighted by molar-refractivity contribution is -0.0221. The second kappa shape index (κ2) is 8.73. The maximum absolute atomic E-state index is 13.9. The van der Waals surface area contributed by atoms with Crippen molar-refractivity contribution in [1.82, 2.24) is 9.38 Å². The third-order valence-corrected chi connectivity index (χ3v) is 8.04. The van der Waals surface area contributed by atoms with Gasteiger partial charge in [0.2, 0.25) is 0 Å². The number of fused-ring (bicyclic) bond motifs is 3. The van der Waals surface area contributed by atoms with Gasteiger partial charge < -0.3 is 10.2 Å². The van der Waals surface area contributed by atoms with Gasteiger partial charge in [-0.15, -0.1) is 0 Å². The average molecular weight is 513 g/mol. The van der Waals surface area contributed by atoms with Crippen LogP contribution in [0.2, 0.25) is 0 Å². The molecule has 190 valence electrons. The van der Waals surface area contributed by atoms with Crippen LogP contribution in [0.4, 0.5) is 20.3 Å². The summed E-state index contributed by atoms with van der Waals surface area (Å²) in [5.74, 6) is -1.80. The molecule has 0 bridgehead atoms. The largest absolute Gasteiger partial charge is 0.377 e. The van der Waals surface area contributed by atoms with Crippen LogP contribution in [0.15, 0.2) is 53.6 Å². The first-order valence-corrected chi connectivity index (χ1v) is 13.9. The Kier molecular flexibility index (Phi) is 5.94. The van der Waals surface area contributed by atoms with Crippen molar-refractivity contribution in [3.05, 3.63) is 65.5 Å². The molecule has 1 aliphatic rings. The van der Waals surface area contributed by atoms with Crippen molar-refractivity contribution in [2.24, 2.45) is 0 Å². The lowest BCUT2D eigenvalue weighted by Crippen LogP contribution is -2.40. The number of anilines is 2. The number of halogens is 2. The van der Waals surface area contributed by atoms with E-state index in [2.05, 4.69) is 23.5 Å². The summed E-state index contributed by atoms with van der Waals surface area (Å²) in [5, 5.41) is 5.32. The SMILES string of the molecule is Cc1cc([C@H](C)Nc2ccccc2S(C)(=O)=O)c2cc(N3CCC(F)(F)CC3)n3cc(C)nc3c2c1. The Morgan fingerprint density at radius 1 is 1.06 bits per heavy atom. The Balaban J connectivity index is 1.66. The van der Waals surface area contributed by atoms with Crippen molar-refractivity contribution in [1.29, 1.82) is 0 Å². The predicted octanol–water partition coefficient (Wildman–Crippen LogP) is 5.92. The van der Waals surface area contributed by atoms with Crippen LogP contribution in [0.1, 0.15) is 42.6 Å². The maximum Gasteiger partial charge on any atom is 0.251 e. The van der Waals surface area contributed by atoms with Crippen molar-refractivity contribution in [2.75, 3.05) is 29.6 Å². The number of para-hydroxylation sites is 1. The number of aryl methyl sites for hydroxylation is 2. The van der Waals surface area contributed by atoms with E-state index >= 15 is 0 Å². The fourth-order valence-corrected chi connectivity index (χ4v) is 5.97. The molecule has 0 saturated carbocycles. The minimum atomic E-state index is -3.41. The minimum absolute atomic E-state index is 0.179. The molecule has 9 heteroatoms. The van der Waals surface area contributed by atoms with Crippen LogP contribution < -0.4 is 10.2 Å². The topological polar surface area (TPSA) is 66.7 Å². The average Bonchev–Trinajstić information content (AvgIpc) is 3.20. The molecule has 2 aromatic carbocycles. The highest BCUT2D eigenvalue weighted by Crippen LogP contribution is 2.37. The number of imidazole rings is 1. The molecule has 1 aliphatic heterocycles. The highest BCUT2D eigenvalue weighted by Gasteiger charge is 2.35. The van der Waals surface area contributed by atoms with Gasteiger partial charge in [-0.05, 0) is 56.0 Å². The number of aromatic nitrogens is 2. The fraction of sp³-hybridized carbons (Fsp3) is 0.370. The molecule has 1 saturated heterocycles. The molecule has 0 spiro atoms. The predicted molar refractivity (Wildman–Crippen MR) is 140 cm³/mol. The summed E-state index contributed by atoms with van der Waals surface area (Å²) in [6, 6.07) is 12.9. The van der Waals surface area contributed by atoms with E-state index in [4.69, 9.17) is 4.98 Å². The molecule has 3 heterocycles. The van der Waals surface area contributed by atoms with Crippen molar-refractivity contribution in [3.63, 3.8) is 0 Å². The minimum Gasteiger partial charge on any atom is -0.377 e. The molecule has 0 unspecified atom stereocenters. The lowest BCUT2D eigenvalue weighted by Gasteiger charge is -2.34. The Morgan fingerprint density at radius 3 is 2.44 bits per heavy atom. The van der Waals surface area contributed by atoms with Gasteiger partial charge in [-0.25, -0.2) is 22.2 Å². The molecule has 5 rings (SSSR count). The van der Waals surface area contributed by atoms with Crippen LogP contribution >= 0.6 is 0 Å². The van der Waals surface area contributed by atoms with E-state index in [0.29, 0.717) is 5.69 Å². The van der Waals surface area contributed by atoms with E-state index in [1.54, 1.807) is 24.3 Å². The molecule has 1 atom stereocenters. The maximum atomic E-state index is 13.9. The van der Waals surface area contributed by atoms with Gasteiger partial charge in [-0.1, -0.05) is 23.8 Å². The second-order valence-corrected chi connectivity index (χ2v) is 11.9. The van der Waals surface area contributed by atoms with E-state index in [0.717, 1.165) is 39.1 Å². The quantitative estimate of drug-likeness (QED) is 0.360. The number of nitrogens with zero attached hydrogens (tertiary/aromatic N) is 3. The van der Waals surface area contributed by atoms with Gasteiger partial charge in [0.1, 0.15) is 11.5 Å². The number of rotatable bonds is 5. The zero-order chi connectivity index (χ0) is 25.8. The third kappa shape index (κ3) is 4.52. The first-order valence-electron chi connectivity index (χ1n) is 12.0. The number of alkyl halides is 2. The van der Waals surface area contributed by atoms with Gasteiger partial charge in [0.15, 0.2) is 9.84 Å². The Hall–Kier alpha value is -3.20. The molecule has 0 aliphatic carbocycles. The van der Waals surface area contributed by atoms with Gasteiger partial charge in [-0.2, -0.15) is 0 Å². The second-order valence-electron chi connectivity index (χ2n) is 9.87. The summed E-state index contributed by atoms with van der Waals surface area (Å²) in [6.45, 7) is 6.47. The van der Waals surface area contributed by atoms with Gasteiger partial charge in [-0.3, -0.25) is 4.40 Å². The van der Waals surface area contributed by atoms with Gasteiger partial charge in [0.25, 0.3) is 5.92 Å². The summed E-state index contributed by atoms with van der Waals surface area (Å²) < 4.78 is 54.5. The number of hydrogen-bond donors (Lipinski definition) is 1. The molecular weight excluding hydrogens is 482 g/mol. The molecule has 2 aromatic heterocycles. The van der Waals surface area contributed by atoms with Crippen molar-refractivity contribution in [2.45, 2.75) is 50.5 Å². The van der Waals surface area contributed by atoms with Crippen LogP contribution in [0, 0.1) is 13.8 Å². The Morgan fingerprint density at radius 2 is 1.75 bits per heavy atom. The normalized spacial score (nSPS) is 17.0. The molecule has 6 nitrogen and oxygen atoms in total. The van der Waals surface area contributed by atoms with Gasteiger partial charge in [0, 0.05) is 49.8 Å². The van der Waals surface area contributed by atoms with E-state index in [-0.39, 0.29) is 36.9 Å². The van der Waals surface area contributed by atoms with E-state index in [9.17, 15) is 17.2 Å². The summed E-state index contributed by atoms with van der Waals surface area (Å²) in [5.41, 5.74) is 4.21. The summed E-state index contributed by atoms with van der Waals surface area (Å²) in [7, 11) is -3.41. The van der Waals surface area contributed by atoms with Gasteiger partial charge in [0.05, 0.1) is 16.3 Å². The first-order chi connectivity index (χ1) is 16.9. The highest BCUT2D eigenvalue weighted by molar-refractivity contribution is 7.90. The van der Waals surface area contributed by atoms with E-state index < -0.39 is 15.8 Å². The molecule has 0 radical (unpaired) electrons. The smallest absolute Gasteiger partial charge is 0.251 e. The molecular formula is C27H30F2N4O2S. The molecule has 1 fully saturated rings. The van der Waals surface area contributed by atoms with Gasteiger partial charge >= 0.3 is 0 Å². The van der Waals surface area contributed by atoms with Crippen LogP contribution in [0.5, 0.6) is 0 Å². The fourth-order valence-electron chi connectivity index (χ4n) is 5.12. The summed E-state index contributed by atoms with van der Waals surface area (Å²) in [4.78, 5) is 7.04. The lowest BCUT2D eigenvalue weighted by atomic mass is 9.97. The first kappa shape index (κ1) is 24.5. The summed E-state index contributed by atoms with van der Waals surface area (Å²) >= 11 is 0. The number of sulfone groups is 1. The number of piperidine rings is 1. The van der Waals surface area contributed by atoms with Crippen LogP contribution in [0.3, 0.4) is 0 Å². The standard InChI is InChI=1S/C27H30F2N4O2S/c1-17-13-20(19(3)31-23-7-5-6-8-24(23)36(4,34)35)21-15-25(32-11-9-27(28,29)10-12-32)33-16-18(2)30-26(33)22(21)14-17/h5-8,13-16,19,31H,9-12H2,1-4H3/t19-/m0/s1. The van der Waals surface area contributed by atoms with E-state index in [1.165, 1.54) is 6.26 Å². The monoisotopic (exact) mass is 512 g/mol. The molecule has 36 heavy (non-hydrogen) atoms. The van der Waals surface area contributed by atoms with Crippen molar-refractivity contribution >= 4 is 37.8 Å². The number of hydrogen-bond acceptors (Lipinski definition) is 5. The van der Waals surface area contributed by atoms with Crippen molar-refractivity contribution < 1.29 is 17.2 Å². The highest BCUT2D eigenvalue weighted by atomic mass is 32.2. The summed E-state index contributed by atoms with van der Waals surface area (Å²) in [6.07, 6.45) is 2.79.